The lowest BCUT2D eigenvalue weighted by molar-refractivity contribution is -0.117. The summed E-state index contributed by atoms with van der Waals surface area (Å²) in [5, 5.41) is 52.7. The van der Waals surface area contributed by atoms with Crippen LogP contribution < -0.4 is 21.3 Å². The minimum atomic E-state index is -0.0979. The first kappa shape index (κ1) is 97.4. The number of hydrogen-bond acceptors (Lipinski definition) is 16. The molecule has 4 amide bonds. The highest BCUT2D eigenvalue weighted by Crippen LogP contribution is 2.40. The summed E-state index contributed by atoms with van der Waals surface area (Å²) in [6.45, 7) is 0.113. The predicted molar refractivity (Wildman–Crippen MR) is 565 cm³/mol. The Morgan fingerprint density at radius 2 is 0.476 bits per heavy atom. The summed E-state index contributed by atoms with van der Waals surface area (Å²) in [7, 11) is 0. The topological polar surface area (TPSA) is 300 Å². The molecule has 4 heterocycles. The highest BCUT2D eigenvalue weighted by Gasteiger charge is 2.30. The summed E-state index contributed by atoms with van der Waals surface area (Å²) in [6, 6.07) is 110. The van der Waals surface area contributed by atoms with Crippen molar-refractivity contribution < 1.29 is 39.6 Å². The number of aliphatic hydroxyl groups excluding tert-OH is 4. The molecule has 0 radical (unpaired) electrons. The normalized spacial score (nSPS) is 12.1. The molecule has 716 valence electrons. The summed E-state index contributed by atoms with van der Waals surface area (Å²) in [5.74, 6) is 2.02. The number of amides is 4. The van der Waals surface area contributed by atoms with Crippen LogP contribution >= 0.6 is 0 Å². The van der Waals surface area contributed by atoms with Gasteiger partial charge in [0.1, 0.15) is 0 Å². The van der Waals surface area contributed by atoms with Crippen molar-refractivity contribution in [3.63, 3.8) is 0 Å². The molecule has 0 aliphatic heterocycles. The molecule has 0 bridgehead atoms. The lowest BCUT2D eigenvalue weighted by Crippen LogP contribution is -2.20. The fourth-order valence-electron chi connectivity index (χ4n) is 19.1. The largest absolute Gasteiger partial charge is 0.392 e. The van der Waals surface area contributed by atoms with Gasteiger partial charge in [-0.15, -0.1) is 0 Å². The van der Waals surface area contributed by atoms with Crippen LogP contribution in [-0.4, -0.2) is 83.9 Å². The minimum Gasteiger partial charge on any atom is -0.392 e. The van der Waals surface area contributed by atoms with E-state index in [0.717, 1.165) is 230 Å². The Morgan fingerprint density at radius 3 is 0.790 bits per heavy atom. The lowest BCUT2D eigenvalue weighted by atomic mass is 9.90. The summed E-state index contributed by atoms with van der Waals surface area (Å²) in [4.78, 5) is 91.7. The van der Waals surface area contributed by atoms with Gasteiger partial charge in [0.2, 0.25) is 23.6 Å². The van der Waals surface area contributed by atoms with Crippen LogP contribution in [0.1, 0.15) is 154 Å². The van der Waals surface area contributed by atoms with Gasteiger partial charge in [0.05, 0.1) is 108 Å². The number of anilines is 4. The zero-order chi connectivity index (χ0) is 98.0. The van der Waals surface area contributed by atoms with Gasteiger partial charge in [0.25, 0.3) is 0 Å². The molecule has 0 saturated carbocycles. The lowest BCUT2D eigenvalue weighted by Gasteiger charge is -2.21. The van der Waals surface area contributed by atoms with E-state index < -0.39 is 0 Å². The summed E-state index contributed by atoms with van der Waals surface area (Å²) < 4.78 is 0. The molecular weight excluding hydrogens is 1770 g/mol. The fraction of sp³-hybridized carbons (Fsp3) is 0.220. The molecule has 20 nitrogen and oxygen atoms in total. The second-order valence-corrected chi connectivity index (χ2v) is 36.8. The minimum absolute atomic E-state index is 0.0232. The number of aromatic nitrogens is 8. The maximum absolute atomic E-state index is 13.2. The van der Waals surface area contributed by atoms with E-state index in [1.54, 1.807) is 0 Å². The van der Waals surface area contributed by atoms with Gasteiger partial charge in [-0.3, -0.25) is 19.2 Å². The molecule has 20 heteroatoms. The molecule has 143 heavy (non-hydrogen) atoms. The van der Waals surface area contributed by atoms with Gasteiger partial charge in [0, 0.05) is 35.1 Å². The quantitative estimate of drug-likeness (QED) is 0.0200. The molecule has 4 aliphatic rings. The molecule has 0 atom stereocenters. The third-order valence-electron chi connectivity index (χ3n) is 26.7. The molecule has 17 aromatic rings. The number of aliphatic hydroxyl groups is 4. The van der Waals surface area contributed by atoms with Crippen LogP contribution in [0.5, 0.6) is 0 Å². The second kappa shape index (κ2) is 47.9. The zero-order valence-corrected chi connectivity index (χ0v) is 80.3. The van der Waals surface area contributed by atoms with Crippen molar-refractivity contribution in [3.8, 4) is 45.0 Å². The first-order valence-corrected chi connectivity index (χ1v) is 49.7. The number of benzene rings is 13. The average Bonchev–Trinajstić information content (AvgIpc) is 0.781. The third kappa shape index (κ3) is 25.7. The SMILES string of the molecule is O=C(CCCc1ccccc1)Nc1nc2c(nc1CCc1ccccc1)-c1ccc(CO)cc1CC2.O=C(CCc1ccccc1)Nc1nc2c(nc1CCc1ccccc1)-c1ccc(CO)cc1CC2.O=C(Cc1ccc2ccccc2c1)Nc1nc2c(nc1CCc1ccccc1)-c1ccc(CO)cc1CC2.O=C(Cc1ccccc1)Nc1nc2c(nc1CCc1ccccc1)-c1ccc(CO)cc1CC2. The van der Waals surface area contributed by atoms with Crippen LogP contribution in [0, 0.1) is 0 Å². The molecule has 21 rings (SSSR count). The van der Waals surface area contributed by atoms with Crippen LogP contribution in [0.2, 0.25) is 0 Å². The third-order valence-corrected chi connectivity index (χ3v) is 26.7. The number of carbonyl (C=O) groups excluding carboxylic acids is 4. The van der Waals surface area contributed by atoms with Gasteiger partial charge in [-0.25, -0.2) is 39.9 Å². The smallest absolute Gasteiger partial charge is 0.229 e. The molecule has 13 aromatic carbocycles. The van der Waals surface area contributed by atoms with E-state index in [9.17, 15) is 39.6 Å². The Bertz CT molecular complexity index is 7330. The number of nitrogens with one attached hydrogen (secondary N) is 4. The van der Waals surface area contributed by atoms with Crippen molar-refractivity contribution >= 4 is 57.7 Å². The Morgan fingerprint density at radius 1 is 0.217 bits per heavy atom. The van der Waals surface area contributed by atoms with Crippen molar-refractivity contribution in [2.75, 3.05) is 21.3 Å². The van der Waals surface area contributed by atoms with Gasteiger partial charge in [-0.2, -0.15) is 0 Å². The predicted octanol–water partition coefficient (Wildman–Crippen LogP) is 21.1. The Kier molecular flexibility index (Phi) is 32.6. The van der Waals surface area contributed by atoms with Gasteiger partial charge in [-0.1, -0.05) is 328 Å². The summed E-state index contributed by atoms with van der Waals surface area (Å²) in [6.07, 6.45) is 16.1. The molecule has 8 N–H and O–H groups in total. The number of aryl methyl sites for hydroxylation is 18. The Hall–Kier alpha value is -15.8. The maximum atomic E-state index is 13.2. The van der Waals surface area contributed by atoms with Crippen LogP contribution in [0.15, 0.2) is 328 Å². The molecule has 0 saturated heterocycles. The van der Waals surface area contributed by atoms with E-state index >= 15 is 0 Å². The molecule has 0 unspecified atom stereocenters. The van der Waals surface area contributed by atoms with Crippen molar-refractivity contribution in [3.05, 3.63) is 462 Å². The summed E-state index contributed by atoms with van der Waals surface area (Å²) >= 11 is 0. The monoisotopic (exact) mass is 1890 g/mol. The van der Waals surface area contributed by atoms with Gasteiger partial charge >= 0.3 is 0 Å². The van der Waals surface area contributed by atoms with Crippen molar-refractivity contribution in [2.24, 2.45) is 0 Å². The standard InChI is InChI=1S/C33H29N3O2.C31H31N3O2.C30H29N3O2.C29H27N3O2/c37-21-24-11-15-28-27(19-24)14-17-29-32(28)34-30(16-12-22-6-2-1-3-7-22)33(35-29)36-31(38)20-23-10-13-25-8-4-5-9-26(25)18-23;35-21-24-14-17-26-25(20-24)16-19-27-30(26)32-28(18-15-23-10-5-2-6-11-23)31(33-27)34-29(36)13-7-12-22-8-3-1-4-9-22;34-20-23-11-15-25-24(19-23)14-17-26-29(25)31-27(16-12-21-7-3-1-4-8-21)30(32-26)33-28(35)18-13-22-9-5-2-6-10-22;33-19-22-11-14-24-23(17-22)13-16-25-28(24)30-26(15-12-20-7-3-1-4-8-20)29(31-25)32-27(34)18-21-9-5-2-6-10-21/h1-11,13,15,18-19,37H,12,14,16-17,20-21H2,(H,35,36,38);1-6,8-11,14,17,20,35H,7,12-13,15-16,18-19,21H2,(H,33,34,36);1-11,15,19,34H,12-14,16-18,20H2,(H,32,33,35);1-11,14,17,33H,12-13,15-16,18-19H2,(H,31,32,34). The van der Waals surface area contributed by atoms with E-state index in [-0.39, 0.29) is 56.5 Å². The van der Waals surface area contributed by atoms with E-state index in [1.807, 2.05) is 218 Å². The number of nitrogens with zero attached hydrogens (tertiary/aromatic N) is 8. The number of fused-ring (bicyclic) bond motifs is 13. The molecule has 4 aromatic heterocycles. The number of rotatable bonds is 31. The van der Waals surface area contributed by atoms with Crippen LogP contribution in [0.25, 0.3) is 55.8 Å². The molecule has 0 fully saturated rings. The highest BCUT2D eigenvalue weighted by molar-refractivity contribution is 5.95. The average molecular weight is 1890 g/mol. The first-order chi connectivity index (χ1) is 70.2. The maximum Gasteiger partial charge on any atom is 0.229 e. The van der Waals surface area contributed by atoms with E-state index in [2.05, 4.69) is 130 Å². The van der Waals surface area contributed by atoms with Crippen molar-refractivity contribution in [2.45, 2.75) is 174 Å². The van der Waals surface area contributed by atoms with Gasteiger partial charge in [-0.05, 0) is 222 Å². The number of hydrogen-bond donors (Lipinski definition) is 8. The van der Waals surface area contributed by atoms with E-state index in [4.69, 9.17) is 39.9 Å². The Labute approximate surface area is 834 Å². The number of carbonyl (C=O) groups is 4. The zero-order valence-electron chi connectivity index (χ0n) is 80.3. The molecular formula is C123H116N12O8. The second-order valence-electron chi connectivity index (χ2n) is 36.8. The Balaban J connectivity index is 0.000000126. The van der Waals surface area contributed by atoms with Gasteiger partial charge < -0.3 is 41.7 Å². The molecule has 0 spiro atoms. The summed E-state index contributed by atoms with van der Waals surface area (Å²) in [5.41, 5.74) is 32.2. The van der Waals surface area contributed by atoms with E-state index in [0.29, 0.717) is 74.6 Å². The van der Waals surface area contributed by atoms with Crippen molar-refractivity contribution in [1.29, 1.82) is 0 Å². The highest BCUT2D eigenvalue weighted by atomic mass is 16.3. The fourth-order valence-corrected chi connectivity index (χ4v) is 19.1. The van der Waals surface area contributed by atoms with Crippen molar-refractivity contribution in [1.82, 2.24) is 39.9 Å². The van der Waals surface area contributed by atoms with Gasteiger partial charge in [0.15, 0.2) is 23.3 Å². The first-order valence-electron chi connectivity index (χ1n) is 49.7. The van der Waals surface area contributed by atoms with Crippen LogP contribution in [0.4, 0.5) is 23.3 Å². The van der Waals surface area contributed by atoms with E-state index in [1.165, 1.54) is 50.1 Å². The molecule has 4 aliphatic carbocycles. The van der Waals surface area contributed by atoms with Crippen LogP contribution in [-0.2, 0) is 174 Å². The van der Waals surface area contributed by atoms with Crippen LogP contribution in [0.3, 0.4) is 0 Å².